The number of carbonyl (C=O) groups is 3. The van der Waals surface area contributed by atoms with E-state index in [1.54, 1.807) is 29.1 Å². The van der Waals surface area contributed by atoms with Crippen LogP contribution in [0, 0.1) is 0 Å². The molecule has 6 N–H and O–H groups in total. The lowest BCUT2D eigenvalue weighted by atomic mass is 10.1. The number of carbonyl (C=O) groups excluding carboxylic acids is 3. The lowest BCUT2D eigenvalue weighted by Gasteiger charge is -2.24. The zero-order chi connectivity index (χ0) is 34.9. The smallest absolute Gasteiger partial charge is 0.327 e. The van der Waals surface area contributed by atoms with Crippen molar-refractivity contribution in [3.63, 3.8) is 0 Å². The number of aromatic nitrogens is 5. The molecule has 1 aromatic carbocycles. The minimum Gasteiger partial charge on any atom is -0.394 e. The van der Waals surface area contributed by atoms with Gasteiger partial charge >= 0.3 is 12.1 Å². The lowest BCUT2D eigenvalue weighted by Crippen LogP contribution is -2.47. The summed E-state index contributed by atoms with van der Waals surface area (Å²) in [6, 6.07) is 9.95. The van der Waals surface area contributed by atoms with Crippen molar-refractivity contribution in [2.45, 2.75) is 55.6 Å². The number of amides is 5. The first-order valence-electron chi connectivity index (χ1n) is 16.5. The molecule has 50 heavy (non-hydrogen) atoms. The SMILES string of the molecule is CN1CC(=O)N(C2CC(n3cnc4c(NC(CO)Cc5ccccc5)nc(N5CCC(NC(=O)Nc6cccnc6)C5)nc43)C(O)C2O)C1=O. The van der Waals surface area contributed by atoms with Crippen molar-refractivity contribution < 1.29 is 29.7 Å². The zero-order valence-corrected chi connectivity index (χ0v) is 27.3. The van der Waals surface area contributed by atoms with E-state index >= 15 is 0 Å². The molecule has 17 nitrogen and oxygen atoms in total. The minimum absolute atomic E-state index is 0.0796. The Labute approximate surface area is 287 Å². The number of aliphatic hydroxyl groups is 3. The Balaban J connectivity index is 1.18. The van der Waals surface area contributed by atoms with Crippen molar-refractivity contribution in [2.75, 3.05) is 48.8 Å². The molecule has 5 amide bonds. The number of likely N-dealkylation sites (N-methyl/N-ethyl adjacent to an activating group) is 1. The summed E-state index contributed by atoms with van der Waals surface area (Å²) in [6.07, 6.45) is 3.16. The van der Waals surface area contributed by atoms with Gasteiger partial charge in [-0.05, 0) is 37.0 Å². The molecule has 2 saturated heterocycles. The summed E-state index contributed by atoms with van der Waals surface area (Å²) in [5.41, 5.74) is 2.31. The molecule has 0 spiro atoms. The Kier molecular flexibility index (Phi) is 9.18. The number of nitrogens with one attached hydrogen (secondary N) is 3. The van der Waals surface area contributed by atoms with E-state index in [1.807, 2.05) is 35.2 Å². The van der Waals surface area contributed by atoms with Crippen molar-refractivity contribution >= 4 is 46.6 Å². The van der Waals surface area contributed by atoms with Crippen molar-refractivity contribution in [1.29, 1.82) is 0 Å². The normalized spacial score (nSPS) is 24.3. The van der Waals surface area contributed by atoms with Gasteiger partial charge < -0.3 is 45.6 Å². The minimum atomic E-state index is -1.39. The molecule has 3 fully saturated rings. The van der Waals surface area contributed by atoms with Crippen LogP contribution in [0.3, 0.4) is 0 Å². The lowest BCUT2D eigenvalue weighted by molar-refractivity contribution is -0.128. The van der Waals surface area contributed by atoms with Gasteiger partial charge in [0, 0.05) is 32.4 Å². The third-order valence-electron chi connectivity index (χ3n) is 9.51. The first kappa shape index (κ1) is 33.1. The summed E-state index contributed by atoms with van der Waals surface area (Å²) >= 11 is 0. The molecule has 7 rings (SSSR count). The Morgan fingerprint density at radius 3 is 2.58 bits per heavy atom. The molecule has 262 valence electrons. The number of hydrogen-bond donors (Lipinski definition) is 6. The van der Waals surface area contributed by atoms with Crippen LogP contribution in [0.5, 0.6) is 0 Å². The first-order chi connectivity index (χ1) is 24.2. The molecule has 3 aromatic heterocycles. The number of aliphatic hydroxyl groups excluding tert-OH is 3. The molecule has 6 unspecified atom stereocenters. The largest absolute Gasteiger partial charge is 0.394 e. The van der Waals surface area contributed by atoms with Crippen molar-refractivity contribution in [3.05, 3.63) is 66.7 Å². The first-order valence-corrected chi connectivity index (χ1v) is 16.5. The molecule has 5 heterocycles. The van der Waals surface area contributed by atoms with E-state index in [0.717, 1.165) is 10.5 Å². The molecule has 2 aliphatic heterocycles. The second-order valence-electron chi connectivity index (χ2n) is 12.9. The highest BCUT2D eigenvalue weighted by Gasteiger charge is 2.51. The highest BCUT2D eigenvalue weighted by atomic mass is 16.3. The second kappa shape index (κ2) is 13.9. The molecule has 17 heteroatoms. The molecule has 1 saturated carbocycles. The van der Waals surface area contributed by atoms with Crippen LogP contribution in [0.2, 0.25) is 0 Å². The second-order valence-corrected chi connectivity index (χ2v) is 12.9. The van der Waals surface area contributed by atoms with Crippen LogP contribution in [0.25, 0.3) is 11.2 Å². The molecule has 4 aromatic rings. The average molecular weight is 686 g/mol. The van der Waals surface area contributed by atoms with Crippen molar-refractivity contribution in [2.24, 2.45) is 0 Å². The van der Waals surface area contributed by atoms with E-state index in [4.69, 9.17) is 9.97 Å². The van der Waals surface area contributed by atoms with Gasteiger partial charge in [-0.2, -0.15) is 9.97 Å². The Hall–Kier alpha value is -5.39. The molecular weight excluding hydrogens is 646 g/mol. The van der Waals surface area contributed by atoms with Crippen molar-refractivity contribution in [3.8, 4) is 0 Å². The number of nitrogens with zero attached hydrogens (tertiary/aromatic N) is 8. The standard InChI is InChI=1S/C33H39N11O6/c1-41-16-25(46)44(33(41)50)24-13-23(27(47)28(24)48)43-18-35-26-29(36-22(17-45)12-19-6-3-2-4-7-19)39-31(40-30(26)43)42-11-9-21(15-42)38-32(49)37-20-8-5-10-34-14-20/h2-8,10,14,18,21-24,27-28,45,47-48H,9,11-13,15-17H2,1H3,(H,36,39,40)(H2,37,38,49). The highest BCUT2D eigenvalue weighted by molar-refractivity contribution is 6.02. The summed E-state index contributed by atoms with van der Waals surface area (Å²) in [7, 11) is 1.51. The highest BCUT2D eigenvalue weighted by Crippen LogP contribution is 2.38. The summed E-state index contributed by atoms with van der Waals surface area (Å²) in [6.45, 7) is 0.643. The summed E-state index contributed by atoms with van der Waals surface area (Å²) in [5, 5.41) is 41.8. The Morgan fingerprint density at radius 1 is 1.06 bits per heavy atom. The van der Waals surface area contributed by atoms with Gasteiger partial charge in [-0.25, -0.2) is 14.6 Å². The molecule has 0 radical (unpaired) electrons. The van der Waals surface area contributed by atoms with Gasteiger partial charge in [-0.3, -0.25) is 14.7 Å². The van der Waals surface area contributed by atoms with Gasteiger partial charge in [0.05, 0.1) is 42.9 Å². The van der Waals surface area contributed by atoms with Crippen LogP contribution < -0.4 is 20.9 Å². The van der Waals surface area contributed by atoms with Crippen LogP contribution in [-0.2, 0) is 11.2 Å². The fraction of sp³-hybridized carbons (Fsp3) is 0.424. The van der Waals surface area contributed by atoms with Crippen LogP contribution in [0.4, 0.5) is 27.0 Å². The number of benzene rings is 1. The Bertz CT molecular complexity index is 1860. The number of imidazole rings is 1. The van der Waals surface area contributed by atoms with E-state index < -0.39 is 42.3 Å². The number of rotatable bonds is 10. The fourth-order valence-electron chi connectivity index (χ4n) is 6.97. The Morgan fingerprint density at radius 2 is 1.86 bits per heavy atom. The summed E-state index contributed by atoms with van der Waals surface area (Å²) in [5.74, 6) is 0.257. The maximum atomic E-state index is 12.8. The number of hydrogen-bond acceptors (Lipinski definition) is 12. The summed E-state index contributed by atoms with van der Waals surface area (Å²) in [4.78, 5) is 60.7. The molecule has 0 bridgehead atoms. The average Bonchev–Trinajstić information content (AvgIpc) is 3.88. The van der Waals surface area contributed by atoms with Gasteiger partial charge in [-0.1, -0.05) is 30.3 Å². The number of anilines is 3. The van der Waals surface area contributed by atoms with Gasteiger partial charge in [0.1, 0.15) is 18.8 Å². The summed E-state index contributed by atoms with van der Waals surface area (Å²) < 4.78 is 1.65. The zero-order valence-electron chi connectivity index (χ0n) is 27.3. The fourth-order valence-corrected chi connectivity index (χ4v) is 6.97. The van der Waals surface area contributed by atoms with E-state index in [2.05, 4.69) is 25.9 Å². The van der Waals surface area contributed by atoms with Gasteiger partial charge in [0.15, 0.2) is 17.0 Å². The van der Waals surface area contributed by atoms with Crippen LogP contribution >= 0.6 is 0 Å². The van der Waals surface area contributed by atoms with Crippen LogP contribution in [0.15, 0.2) is 61.2 Å². The van der Waals surface area contributed by atoms with Gasteiger partial charge in [-0.15, -0.1) is 0 Å². The number of imide groups is 1. The topological polar surface area (TPSA) is 214 Å². The molecular formula is C33H39N11O6. The maximum absolute atomic E-state index is 12.8. The van der Waals surface area contributed by atoms with E-state index in [0.29, 0.717) is 54.5 Å². The van der Waals surface area contributed by atoms with Crippen molar-refractivity contribution in [1.82, 2.24) is 39.6 Å². The number of urea groups is 2. The monoisotopic (exact) mass is 685 g/mol. The van der Waals surface area contributed by atoms with Crippen LogP contribution in [0.1, 0.15) is 24.4 Å². The third-order valence-corrected chi connectivity index (χ3v) is 9.51. The predicted octanol–water partition coefficient (Wildman–Crippen LogP) is 0.566. The third kappa shape index (κ3) is 6.49. The predicted molar refractivity (Wildman–Crippen MR) is 181 cm³/mol. The maximum Gasteiger partial charge on any atom is 0.327 e. The quantitative estimate of drug-likeness (QED) is 0.126. The van der Waals surface area contributed by atoms with Gasteiger partial charge in [0.2, 0.25) is 5.95 Å². The number of pyridine rings is 1. The molecule has 1 aliphatic carbocycles. The molecule has 3 aliphatic rings. The number of fused-ring (bicyclic) bond motifs is 1. The van der Waals surface area contributed by atoms with E-state index in [1.165, 1.54) is 18.3 Å². The van der Waals surface area contributed by atoms with Crippen LogP contribution in [-0.4, -0.2) is 131 Å². The molecule has 6 atom stereocenters. The van der Waals surface area contributed by atoms with E-state index in [-0.39, 0.29) is 31.6 Å². The van der Waals surface area contributed by atoms with Gasteiger partial charge in [0.25, 0.3) is 5.91 Å². The van der Waals surface area contributed by atoms with E-state index in [9.17, 15) is 29.7 Å².